The standard InChI is InChI=1S/C14H23N3O3S/c1-8(2)11-16-9(3)10(13(19)17-11)12(18)15-6-14(4,20)7-21-5/h8,20H,6-7H2,1-5H3,(H,15,18)(H,16,17,19). The molecule has 1 unspecified atom stereocenters. The van der Waals surface area contributed by atoms with Crippen LogP contribution in [0.4, 0.5) is 0 Å². The summed E-state index contributed by atoms with van der Waals surface area (Å²) in [4.78, 5) is 31.0. The molecule has 3 N–H and O–H groups in total. The number of aliphatic hydroxyl groups is 1. The molecule has 0 radical (unpaired) electrons. The molecule has 1 aromatic heterocycles. The molecule has 21 heavy (non-hydrogen) atoms. The minimum atomic E-state index is -1.01. The zero-order valence-electron chi connectivity index (χ0n) is 13.1. The fourth-order valence-electron chi connectivity index (χ4n) is 1.87. The summed E-state index contributed by atoms with van der Waals surface area (Å²) in [5, 5.41) is 12.6. The number of carbonyl (C=O) groups excluding carboxylic acids is 1. The average molecular weight is 313 g/mol. The minimum absolute atomic E-state index is 0.000600. The van der Waals surface area contributed by atoms with Crippen molar-refractivity contribution in [2.45, 2.75) is 39.2 Å². The lowest BCUT2D eigenvalue weighted by Crippen LogP contribution is -2.44. The van der Waals surface area contributed by atoms with Crippen LogP contribution < -0.4 is 10.9 Å². The highest BCUT2D eigenvalue weighted by Gasteiger charge is 2.23. The van der Waals surface area contributed by atoms with Crippen molar-refractivity contribution in [3.8, 4) is 0 Å². The number of hydrogen-bond acceptors (Lipinski definition) is 5. The molecule has 0 bridgehead atoms. The number of aryl methyl sites for hydroxylation is 1. The third kappa shape index (κ3) is 4.86. The summed E-state index contributed by atoms with van der Waals surface area (Å²) in [6, 6.07) is 0. The van der Waals surface area contributed by atoms with Gasteiger partial charge in [0.05, 0.1) is 11.3 Å². The van der Waals surface area contributed by atoms with Gasteiger partial charge in [0, 0.05) is 18.2 Å². The Kier molecular flexibility index (Phi) is 5.98. The molecule has 1 amide bonds. The lowest BCUT2D eigenvalue weighted by Gasteiger charge is -2.22. The minimum Gasteiger partial charge on any atom is -0.387 e. The molecule has 1 rings (SSSR count). The van der Waals surface area contributed by atoms with E-state index < -0.39 is 17.1 Å². The predicted octanol–water partition coefficient (Wildman–Crippen LogP) is 1.05. The summed E-state index contributed by atoms with van der Waals surface area (Å²) in [6.45, 7) is 7.18. The topological polar surface area (TPSA) is 95.1 Å². The predicted molar refractivity (Wildman–Crippen MR) is 85.0 cm³/mol. The number of nitrogens with zero attached hydrogens (tertiary/aromatic N) is 1. The van der Waals surface area contributed by atoms with Crippen molar-refractivity contribution in [3.63, 3.8) is 0 Å². The Morgan fingerprint density at radius 2 is 2.14 bits per heavy atom. The third-order valence-corrected chi connectivity index (χ3v) is 3.89. The molecule has 1 atom stereocenters. The van der Waals surface area contributed by atoms with E-state index in [-0.39, 0.29) is 18.0 Å². The highest BCUT2D eigenvalue weighted by Crippen LogP contribution is 2.11. The molecule has 6 nitrogen and oxygen atoms in total. The fourth-order valence-corrected chi connectivity index (χ4v) is 2.59. The smallest absolute Gasteiger partial charge is 0.264 e. The van der Waals surface area contributed by atoms with Crippen LogP contribution in [0.15, 0.2) is 4.79 Å². The fraction of sp³-hybridized carbons (Fsp3) is 0.643. The van der Waals surface area contributed by atoms with E-state index in [4.69, 9.17) is 0 Å². The molecule has 0 aliphatic carbocycles. The van der Waals surface area contributed by atoms with Crippen LogP contribution in [0.3, 0.4) is 0 Å². The number of hydrogen-bond donors (Lipinski definition) is 3. The molecule has 1 heterocycles. The van der Waals surface area contributed by atoms with E-state index in [1.165, 1.54) is 11.8 Å². The first-order valence-electron chi connectivity index (χ1n) is 6.78. The molecule has 0 saturated carbocycles. The number of amides is 1. The van der Waals surface area contributed by atoms with Crippen LogP contribution in [-0.2, 0) is 0 Å². The van der Waals surface area contributed by atoms with E-state index in [1.807, 2.05) is 20.1 Å². The normalized spacial score (nSPS) is 14.0. The molecule has 1 aromatic rings. The number of aromatic nitrogens is 2. The first kappa shape index (κ1) is 17.7. The van der Waals surface area contributed by atoms with Crippen molar-refractivity contribution in [2.24, 2.45) is 0 Å². The Morgan fingerprint density at radius 3 is 2.62 bits per heavy atom. The number of rotatable bonds is 6. The number of carbonyl (C=O) groups is 1. The maximum Gasteiger partial charge on any atom is 0.264 e. The zero-order chi connectivity index (χ0) is 16.2. The van der Waals surface area contributed by atoms with Gasteiger partial charge >= 0.3 is 0 Å². The monoisotopic (exact) mass is 313 g/mol. The summed E-state index contributed by atoms with van der Waals surface area (Å²) in [7, 11) is 0. The maximum absolute atomic E-state index is 12.1. The van der Waals surface area contributed by atoms with Crippen LogP contribution >= 0.6 is 11.8 Å². The second-order valence-electron chi connectivity index (χ2n) is 5.68. The van der Waals surface area contributed by atoms with Crippen molar-refractivity contribution in [1.29, 1.82) is 0 Å². The van der Waals surface area contributed by atoms with Gasteiger partial charge in [-0.15, -0.1) is 0 Å². The van der Waals surface area contributed by atoms with Crippen molar-refractivity contribution in [1.82, 2.24) is 15.3 Å². The van der Waals surface area contributed by atoms with Gasteiger partial charge in [-0.3, -0.25) is 9.59 Å². The molecular weight excluding hydrogens is 290 g/mol. The van der Waals surface area contributed by atoms with E-state index in [0.717, 1.165) is 0 Å². The molecule has 0 aliphatic heterocycles. The zero-order valence-corrected chi connectivity index (χ0v) is 13.9. The molecule has 118 valence electrons. The number of nitrogens with one attached hydrogen (secondary N) is 2. The number of H-pyrrole nitrogens is 1. The van der Waals surface area contributed by atoms with Crippen molar-refractivity contribution in [2.75, 3.05) is 18.6 Å². The van der Waals surface area contributed by atoms with Crippen molar-refractivity contribution >= 4 is 17.7 Å². The highest BCUT2D eigenvalue weighted by atomic mass is 32.2. The number of thioether (sulfide) groups is 1. The second-order valence-corrected chi connectivity index (χ2v) is 6.54. The quantitative estimate of drug-likeness (QED) is 0.729. The molecule has 0 saturated heterocycles. The Morgan fingerprint density at radius 1 is 1.52 bits per heavy atom. The van der Waals surface area contributed by atoms with Crippen LogP contribution in [0.5, 0.6) is 0 Å². The number of aromatic amines is 1. The Balaban J connectivity index is 2.91. The van der Waals surface area contributed by atoms with Gasteiger partial charge in [-0.2, -0.15) is 11.8 Å². The van der Waals surface area contributed by atoms with Crippen LogP contribution in [0.2, 0.25) is 0 Å². The van der Waals surface area contributed by atoms with Crippen LogP contribution in [-0.4, -0.2) is 45.1 Å². The second kappa shape index (κ2) is 7.09. The summed E-state index contributed by atoms with van der Waals surface area (Å²) < 4.78 is 0. The van der Waals surface area contributed by atoms with Gasteiger partial charge in [-0.1, -0.05) is 13.8 Å². The molecule has 0 aromatic carbocycles. The summed E-state index contributed by atoms with van der Waals surface area (Å²) in [5.74, 6) is 0.616. The average Bonchev–Trinajstić information content (AvgIpc) is 2.35. The molecule has 7 heteroatoms. The van der Waals surface area contributed by atoms with E-state index >= 15 is 0 Å². The van der Waals surface area contributed by atoms with Crippen LogP contribution in [0.1, 0.15) is 48.6 Å². The van der Waals surface area contributed by atoms with Crippen LogP contribution in [0, 0.1) is 6.92 Å². The van der Waals surface area contributed by atoms with Gasteiger partial charge in [0.15, 0.2) is 0 Å². The van der Waals surface area contributed by atoms with Gasteiger partial charge in [0.25, 0.3) is 11.5 Å². The van der Waals surface area contributed by atoms with E-state index in [2.05, 4.69) is 15.3 Å². The van der Waals surface area contributed by atoms with Gasteiger partial charge in [0.2, 0.25) is 0 Å². The van der Waals surface area contributed by atoms with Gasteiger partial charge in [-0.05, 0) is 20.1 Å². The van der Waals surface area contributed by atoms with Gasteiger partial charge < -0.3 is 15.4 Å². The highest BCUT2D eigenvalue weighted by molar-refractivity contribution is 7.98. The van der Waals surface area contributed by atoms with E-state index in [0.29, 0.717) is 17.3 Å². The Labute approximate surface area is 128 Å². The van der Waals surface area contributed by atoms with Crippen molar-refractivity contribution in [3.05, 3.63) is 27.4 Å². The molecular formula is C14H23N3O3S. The summed E-state index contributed by atoms with van der Waals surface area (Å²) in [5.41, 5.74) is -1.07. The molecule has 0 spiro atoms. The summed E-state index contributed by atoms with van der Waals surface area (Å²) >= 11 is 1.49. The lowest BCUT2D eigenvalue weighted by molar-refractivity contribution is 0.0723. The summed E-state index contributed by atoms with van der Waals surface area (Å²) in [6.07, 6.45) is 1.87. The van der Waals surface area contributed by atoms with Crippen LogP contribution in [0.25, 0.3) is 0 Å². The SMILES string of the molecule is CSCC(C)(O)CNC(=O)c1c(C)nc(C(C)C)[nH]c1=O. The Hall–Kier alpha value is -1.34. The van der Waals surface area contributed by atoms with E-state index in [9.17, 15) is 14.7 Å². The first-order chi connectivity index (χ1) is 9.68. The lowest BCUT2D eigenvalue weighted by atomic mass is 10.1. The largest absolute Gasteiger partial charge is 0.387 e. The molecule has 0 aliphatic rings. The Bertz CT molecular complexity index is 567. The molecule has 0 fully saturated rings. The van der Waals surface area contributed by atoms with E-state index in [1.54, 1.807) is 13.8 Å². The first-order valence-corrected chi connectivity index (χ1v) is 8.17. The maximum atomic E-state index is 12.1. The third-order valence-electron chi connectivity index (χ3n) is 2.98. The van der Waals surface area contributed by atoms with Gasteiger partial charge in [0.1, 0.15) is 11.4 Å². The van der Waals surface area contributed by atoms with Gasteiger partial charge in [-0.25, -0.2) is 4.98 Å². The van der Waals surface area contributed by atoms with Crippen molar-refractivity contribution < 1.29 is 9.90 Å².